The molecular formula is C14H20N2O. The third-order valence-electron chi connectivity index (χ3n) is 3.36. The van der Waals surface area contributed by atoms with Crippen molar-refractivity contribution in [3.63, 3.8) is 0 Å². The molecule has 1 amide bonds. The Kier molecular flexibility index (Phi) is 3.79. The number of benzene rings is 1. The monoisotopic (exact) mass is 232 g/mol. The molecule has 1 aliphatic heterocycles. The maximum absolute atomic E-state index is 12.1. The number of carbonyl (C=O) groups excluding carboxylic acids is 1. The molecule has 1 saturated heterocycles. The van der Waals surface area contributed by atoms with Crippen molar-refractivity contribution in [2.75, 3.05) is 11.9 Å². The van der Waals surface area contributed by atoms with Crippen LogP contribution in [0.15, 0.2) is 18.2 Å². The maximum atomic E-state index is 12.1. The number of hydrogen-bond acceptors (Lipinski definition) is 2. The average molecular weight is 232 g/mol. The van der Waals surface area contributed by atoms with E-state index in [1.165, 1.54) is 6.42 Å². The first-order valence-corrected chi connectivity index (χ1v) is 6.29. The van der Waals surface area contributed by atoms with Gasteiger partial charge in [0.1, 0.15) is 0 Å². The molecule has 0 bridgehead atoms. The molecular weight excluding hydrogens is 212 g/mol. The van der Waals surface area contributed by atoms with Gasteiger partial charge in [0.25, 0.3) is 0 Å². The fraction of sp³-hybridized carbons (Fsp3) is 0.500. The Morgan fingerprint density at radius 3 is 2.59 bits per heavy atom. The molecule has 1 aromatic carbocycles. The summed E-state index contributed by atoms with van der Waals surface area (Å²) in [5.41, 5.74) is 3.20. The second-order valence-corrected chi connectivity index (χ2v) is 4.76. The van der Waals surface area contributed by atoms with Crippen LogP contribution >= 0.6 is 0 Å². The number of hydrogen-bond donors (Lipinski definition) is 2. The Morgan fingerprint density at radius 2 is 2.00 bits per heavy atom. The van der Waals surface area contributed by atoms with Gasteiger partial charge in [-0.25, -0.2) is 0 Å². The Balaban J connectivity index is 2.07. The van der Waals surface area contributed by atoms with Crippen molar-refractivity contribution in [3.8, 4) is 0 Å². The highest BCUT2D eigenvalue weighted by Gasteiger charge is 2.21. The molecule has 0 saturated carbocycles. The van der Waals surface area contributed by atoms with Gasteiger partial charge in [0.05, 0.1) is 6.04 Å². The summed E-state index contributed by atoms with van der Waals surface area (Å²) >= 11 is 0. The lowest BCUT2D eigenvalue weighted by molar-refractivity contribution is -0.118. The number of rotatable bonds is 2. The first-order chi connectivity index (χ1) is 8.18. The average Bonchev–Trinajstić information content (AvgIpc) is 2.35. The summed E-state index contributed by atoms with van der Waals surface area (Å²) in [6.07, 6.45) is 3.25. The zero-order chi connectivity index (χ0) is 12.3. The molecule has 0 spiro atoms. The third kappa shape index (κ3) is 2.86. The van der Waals surface area contributed by atoms with Gasteiger partial charge in [0.15, 0.2) is 0 Å². The number of para-hydroxylation sites is 1. The predicted molar refractivity (Wildman–Crippen MR) is 70.2 cm³/mol. The van der Waals surface area contributed by atoms with Gasteiger partial charge in [-0.2, -0.15) is 0 Å². The highest BCUT2D eigenvalue weighted by Crippen LogP contribution is 2.20. The molecule has 17 heavy (non-hydrogen) atoms. The van der Waals surface area contributed by atoms with Gasteiger partial charge < -0.3 is 10.6 Å². The van der Waals surface area contributed by atoms with Crippen LogP contribution in [-0.2, 0) is 4.79 Å². The van der Waals surface area contributed by atoms with Gasteiger partial charge in [-0.15, -0.1) is 0 Å². The second kappa shape index (κ2) is 5.32. The zero-order valence-electron chi connectivity index (χ0n) is 10.5. The summed E-state index contributed by atoms with van der Waals surface area (Å²) in [5.74, 6) is 0.0992. The van der Waals surface area contributed by atoms with Gasteiger partial charge in [0.2, 0.25) is 5.91 Å². The van der Waals surface area contributed by atoms with Gasteiger partial charge in [-0.3, -0.25) is 4.79 Å². The van der Waals surface area contributed by atoms with Crippen molar-refractivity contribution in [2.24, 2.45) is 0 Å². The summed E-state index contributed by atoms with van der Waals surface area (Å²) in [5, 5.41) is 6.31. The van der Waals surface area contributed by atoms with Gasteiger partial charge in [0, 0.05) is 5.69 Å². The molecule has 0 aliphatic carbocycles. The summed E-state index contributed by atoms with van der Waals surface area (Å²) < 4.78 is 0. The van der Waals surface area contributed by atoms with Crippen molar-refractivity contribution in [3.05, 3.63) is 29.3 Å². The van der Waals surface area contributed by atoms with Crippen LogP contribution in [0.5, 0.6) is 0 Å². The topological polar surface area (TPSA) is 41.1 Å². The molecule has 0 radical (unpaired) electrons. The van der Waals surface area contributed by atoms with Crippen LogP contribution in [-0.4, -0.2) is 18.5 Å². The van der Waals surface area contributed by atoms with Crippen LogP contribution in [0.4, 0.5) is 5.69 Å². The minimum Gasteiger partial charge on any atom is -0.324 e. The number of carbonyl (C=O) groups is 1. The Morgan fingerprint density at radius 1 is 1.29 bits per heavy atom. The molecule has 2 rings (SSSR count). The normalized spacial score (nSPS) is 20.0. The highest BCUT2D eigenvalue weighted by atomic mass is 16.2. The van der Waals surface area contributed by atoms with E-state index >= 15 is 0 Å². The van der Waals surface area contributed by atoms with E-state index in [2.05, 4.69) is 10.6 Å². The van der Waals surface area contributed by atoms with E-state index in [1.54, 1.807) is 0 Å². The van der Waals surface area contributed by atoms with E-state index < -0.39 is 0 Å². The number of piperidine rings is 1. The first-order valence-electron chi connectivity index (χ1n) is 6.29. The molecule has 3 nitrogen and oxygen atoms in total. The first kappa shape index (κ1) is 12.1. The fourth-order valence-electron chi connectivity index (χ4n) is 2.30. The van der Waals surface area contributed by atoms with E-state index in [0.29, 0.717) is 0 Å². The maximum Gasteiger partial charge on any atom is 0.241 e. The minimum absolute atomic E-state index is 0.0252. The highest BCUT2D eigenvalue weighted by molar-refractivity contribution is 5.96. The van der Waals surface area contributed by atoms with E-state index in [4.69, 9.17) is 0 Å². The molecule has 92 valence electrons. The van der Waals surface area contributed by atoms with E-state index in [1.807, 2.05) is 32.0 Å². The van der Waals surface area contributed by atoms with Crippen LogP contribution in [0.1, 0.15) is 30.4 Å². The van der Waals surface area contributed by atoms with Crippen LogP contribution < -0.4 is 10.6 Å². The molecule has 1 aliphatic rings. The summed E-state index contributed by atoms with van der Waals surface area (Å²) in [7, 11) is 0. The van der Waals surface area contributed by atoms with Gasteiger partial charge in [-0.05, 0) is 44.4 Å². The van der Waals surface area contributed by atoms with Crippen LogP contribution in [0, 0.1) is 13.8 Å². The second-order valence-electron chi connectivity index (χ2n) is 4.76. The molecule has 3 heteroatoms. The van der Waals surface area contributed by atoms with Crippen LogP contribution in [0.25, 0.3) is 0 Å². The Hall–Kier alpha value is -1.35. The lowest BCUT2D eigenvalue weighted by atomic mass is 10.0. The molecule has 1 fully saturated rings. The van der Waals surface area contributed by atoms with Crippen molar-refractivity contribution in [2.45, 2.75) is 39.2 Å². The third-order valence-corrected chi connectivity index (χ3v) is 3.36. The van der Waals surface area contributed by atoms with Gasteiger partial charge in [-0.1, -0.05) is 24.6 Å². The minimum atomic E-state index is -0.0252. The molecule has 1 aromatic rings. The van der Waals surface area contributed by atoms with Crippen molar-refractivity contribution in [1.82, 2.24) is 5.32 Å². The van der Waals surface area contributed by atoms with E-state index in [9.17, 15) is 4.79 Å². The van der Waals surface area contributed by atoms with Crippen molar-refractivity contribution < 1.29 is 4.79 Å². The Labute approximate surface area is 103 Å². The SMILES string of the molecule is Cc1cccc(C)c1NC(=O)[C@@H]1CCCCN1. The zero-order valence-corrected chi connectivity index (χ0v) is 10.5. The quantitative estimate of drug-likeness (QED) is 0.822. The summed E-state index contributed by atoms with van der Waals surface area (Å²) in [4.78, 5) is 12.1. The van der Waals surface area contributed by atoms with E-state index in [0.717, 1.165) is 36.2 Å². The lowest BCUT2D eigenvalue weighted by Gasteiger charge is -2.23. The van der Waals surface area contributed by atoms with Crippen LogP contribution in [0.3, 0.4) is 0 Å². The fourth-order valence-corrected chi connectivity index (χ4v) is 2.30. The van der Waals surface area contributed by atoms with Crippen molar-refractivity contribution >= 4 is 11.6 Å². The molecule has 0 aromatic heterocycles. The predicted octanol–water partition coefficient (Wildman–Crippen LogP) is 2.38. The number of nitrogens with one attached hydrogen (secondary N) is 2. The molecule has 0 unspecified atom stereocenters. The smallest absolute Gasteiger partial charge is 0.241 e. The molecule has 1 atom stereocenters. The Bertz CT molecular complexity index is 388. The number of amides is 1. The summed E-state index contributed by atoms with van der Waals surface area (Å²) in [6, 6.07) is 6.04. The summed E-state index contributed by atoms with van der Waals surface area (Å²) in [6.45, 7) is 5.00. The molecule has 2 N–H and O–H groups in total. The van der Waals surface area contributed by atoms with Gasteiger partial charge >= 0.3 is 0 Å². The largest absolute Gasteiger partial charge is 0.324 e. The molecule has 1 heterocycles. The number of anilines is 1. The van der Waals surface area contributed by atoms with E-state index in [-0.39, 0.29) is 11.9 Å². The van der Waals surface area contributed by atoms with Crippen molar-refractivity contribution in [1.29, 1.82) is 0 Å². The van der Waals surface area contributed by atoms with Crippen LogP contribution in [0.2, 0.25) is 0 Å². The lowest BCUT2D eigenvalue weighted by Crippen LogP contribution is -2.43. The number of aryl methyl sites for hydroxylation is 2. The standard InChI is InChI=1S/C14H20N2O/c1-10-6-5-7-11(2)13(10)16-14(17)12-8-3-4-9-15-12/h5-7,12,15H,3-4,8-9H2,1-2H3,(H,16,17)/t12-/m0/s1.